The molecule has 0 aliphatic heterocycles. The number of carbonyl (C=O) groups is 1. The lowest BCUT2D eigenvalue weighted by atomic mass is 10.0. The first-order valence-electron chi connectivity index (χ1n) is 6.07. The van der Waals surface area contributed by atoms with Gasteiger partial charge in [-0.3, -0.25) is 0 Å². The van der Waals surface area contributed by atoms with Crippen molar-refractivity contribution >= 4 is 5.97 Å². The molecule has 3 heteroatoms. The first-order valence-corrected chi connectivity index (χ1v) is 6.07. The van der Waals surface area contributed by atoms with E-state index in [0.29, 0.717) is 0 Å². The Hall–Kier alpha value is -0.570. The summed E-state index contributed by atoms with van der Waals surface area (Å²) in [4.78, 5) is 14.5. The molecule has 0 saturated heterocycles. The second-order valence-electron chi connectivity index (χ2n) is 4.22. The first kappa shape index (κ1) is 14.4. The fraction of sp³-hybridized carbons (Fsp3) is 0.917. The van der Waals surface area contributed by atoms with Gasteiger partial charge >= 0.3 is 5.97 Å². The van der Waals surface area contributed by atoms with Gasteiger partial charge in [-0.15, -0.1) is 0 Å². The van der Waals surface area contributed by atoms with E-state index in [1.54, 1.807) is 6.92 Å². The monoisotopic (exact) mass is 216 g/mol. The SMILES string of the molecule is CCCCCCCCCC(C)C(=O)OO. The third-order valence-electron chi connectivity index (χ3n) is 2.73. The molecule has 1 N–H and O–H groups in total. The van der Waals surface area contributed by atoms with Gasteiger partial charge in [0.15, 0.2) is 0 Å². The Labute approximate surface area is 92.8 Å². The second kappa shape index (κ2) is 9.97. The number of carbonyl (C=O) groups excluding carboxylic acids is 1. The summed E-state index contributed by atoms with van der Waals surface area (Å²) in [5, 5.41) is 8.16. The number of hydrogen-bond acceptors (Lipinski definition) is 3. The van der Waals surface area contributed by atoms with Gasteiger partial charge in [0, 0.05) is 0 Å². The zero-order valence-electron chi connectivity index (χ0n) is 10.00. The van der Waals surface area contributed by atoms with Crippen molar-refractivity contribution in [2.45, 2.75) is 65.2 Å². The van der Waals surface area contributed by atoms with Crippen LogP contribution in [0.25, 0.3) is 0 Å². The maximum absolute atomic E-state index is 10.8. The van der Waals surface area contributed by atoms with Crippen LogP contribution < -0.4 is 0 Å². The molecule has 0 rings (SSSR count). The number of hydrogen-bond donors (Lipinski definition) is 1. The Bertz CT molecular complexity index is 157. The highest BCUT2D eigenvalue weighted by atomic mass is 17.1. The second-order valence-corrected chi connectivity index (χ2v) is 4.22. The molecular weight excluding hydrogens is 192 g/mol. The molecule has 0 aliphatic carbocycles. The average molecular weight is 216 g/mol. The number of unbranched alkanes of at least 4 members (excludes halogenated alkanes) is 6. The largest absolute Gasteiger partial charge is 0.344 e. The van der Waals surface area contributed by atoms with Crippen molar-refractivity contribution in [1.29, 1.82) is 0 Å². The summed E-state index contributed by atoms with van der Waals surface area (Å²) in [6.45, 7) is 4.00. The van der Waals surface area contributed by atoms with Gasteiger partial charge in [-0.05, 0) is 6.42 Å². The minimum absolute atomic E-state index is 0.175. The van der Waals surface area contributed by atoms with Crippen LogP contribution in [0.1, 0.15) is 65.2 Å². The quantitative estimate of drug-likeness (QED) is 0.362. The molecule has 15 heavy (non-hydrogen) atoms. The van der Waals surface area contributed by atoms with E-state index in [4.69, 9.17) is 5.26 Å². The van der Waals surface area contributed by atoms with Crippen LogP contribution in [0.3, 0.4) is 0 Å². The molecule has 1 atom stereocenters. The number of rotatable bonds is 9. The van der Waals surface area contributed by atoms with Crippen LogP contribution in [-0.4, -0.2) is 11.2 Å². The molecule has 0 fully saturated rings. The summed E-state index contributed by atoms with van der Waals surface area (Å²) >= 11 is 0. The maximum Gasteiger partial charge on any atom is 0.344 e. The van der Waals surface area contributed by atoms with Gasteiger partial charge in [-0.2, -0.15) is 5.26 Å². The van der Waals surface area contributed by atoms with Crippen LogP contribution in [0.2, 0.25) is 0 Å². The Morgan fingerprint density at radius 1 is 1.13 bits per heavy atom. The van der Waals surface area contributed by atoms with Crippen molar-refractivity contribution in [2.24, 2.45) is 5.92 Å². The minimum atomic E-state index is -0.513. The van der Waals surface area contributed by atoms with Gasteiger partial charge in [-0.1, -0.05) is 58.8 Å². The summed E-state index contributed by atoms with van der Waals surface area (Å²) in [6.07, 6.45) is 9.51. The molecule has 0 saturated carbocycles. The molecule has 0 radical (unpaired) electrons. The molecule has 0 heterocycles. The topological polar surface area (TPSA) is 46.5 Å². The van der Waals surface area contributed by atoms with Crippen molar-refractivity contribution in [2.75, 3.05) is 0 Å². The predicted octanol–water partition coefficient (Wildman–Crippen LogP) is 3.78. The summed E-state index contributed by atoms with van der Waals surface area (Å²) in [5.74, 6) is -0.688. The van der Waals surface area contributed by atoms with Gasteiger partial charge in [0.05, 0.1) is 5.92 Å². The normalized spacial score (nSPS) is 12.5. The molecule has 0 aromatic heterocycles. The fourth-order valence-corrected chi connectivity index (χ4v) is 1.62. The Morgan fingerprint density at radius 3 is 2.20 bits per heavy atom. The lowest BCUT2D eigenvalue weighted by molar-refractivity contribution is -0.238. The zero-order valence-corrected chi connectivity index (χ0v) is 10.00. The fourth-order valence-electron chi connectivity index (χ4n) is 1.62. The van der Waals surface area contributed by atoms with Crippen molar-refractivity contribution in [3.8, 4) is 0 Å². The Kier molecular flexibility index (Phi) is 9.59. The molecule has 0 aliphatic rings. The first-order chi connectivity index (χ1) is 7.22. The van der Waals surface area contributed by atoms with E-state index in [1.165, 1.54) is 38.5 Å². The lowest BCUT2D eigenvalue weighted by Crippen LogP contribution is -2.12. The summed E-state index contributed by atoms with van der Waals surface area (Å²) in [6, 6.07) is 0. The summed E-state index contributed by atoms with van der Waals surface area (Å²) in [5.41, 5.74) is 0. The molecule has 90 valence electrons. The van der Waals surface area contributed by atoms with Gasteiger partial charge in [0.25, 0.3) is 0 Å². The van der Waals surface area contributed by atoms with E-state index >= 15 is 0 Å². The van der Waals surface area contributed by atoms with Gasteiger partial charge in [0.2, 0.25) is 0 Å². The van der Waals surface area contributed by atoms with Crippen molar-refractivity contribution in [3.05, 3.63) is 0 Å². The van der Waals surface area contributed by atoms with E-state index in [-0.39, 0.29) is 5.92 Å². The van der Waals surface area contributed by atoms with Crippen LogP contribution >= 0.6 is 0 Å². The third kappa shape index (κ3) is 8.43. The molecule has 0 spiro atoms. The van der Waals surface area contributed by atoms with E-state index in [0.717, 1.165) is 12.8 Å². The van der Waals surface area contributed by atoms with Crippen molar-refractivity contribution in [3.63, 3.8) is 0 Å². The predicted molar refractivity (Wildman–Crippen MR) is 60.5 cm³/mol. The van der Waals surface area contributed by atoms with Crippen LogP contribution in [0.15, 0.2) is 0 Å². The smallest absolute Gasteiger partial charge is 0.301 e. The third-order valence-corrected chi connectivity index (χ3v) is 2.73. The molecular formula is C12H24O3. The highest BCUT2D eigenvalue weighted by molar-refractivity contribution is 5.71. The molecule has 0 aromatic rings. The van der Waals surface area contributed by atoms with Crippen LogP contribution in [-0.2, 0) is 9.68 Å². The molecule has 1 unspecified atom stereocenters. The summed E-state index contributed by atoms with van der Waals surface area (Å²) in [7, 11) is 0. The van der Waals surface area contributed by atoms with E-state index in [1.807, 2.05) is 0 Å². The zero-order chi connectivity index (χ0) is 11.5. The van der Waals surface area contributed by atoms with Crippen molar-refractivity contribution in [1.82, 2.24) is 0 Å². The molecule has 3 nitrogen and oxygen atoms in total. The highest BCUT2D eigenvalue weighted by Gasteiger charge is 2.13. The van der Waals surface area contributed by atoms with Gasteiger partial charge < -0.3 is 4.89 Å². The van der Waals surface area contributed by atoms with E-state index in [9.17, 15) is 4.79 Å². The molecule has 0 bridgehead atoms. The standard InChI is InChI=1S/C12H24O3/c1-3-4-5-6-7-8-9-10-11(2)12(13)15-14/h11,14H,3-10H2,1-2H3. The van der Waals surface area contributed by atoms with Gasteiger partial charge in [0.1, 0.15) is 0 Å². The molecule has 0 aromatic carbocycles. The van der Waals surface area contributed by atoms with E-state index in [2.05, 4.69) is 11.8 Å². The molecule has 0 amide bonds. The van der Waals surface area contributed by atoms with E-state index < -0.39 is 5.97 Å². The summed E-state index contributed by atoms with van der Waals surface area (Å²) < 4.78 is 0. The van der Waals surface area contributed by atoms with Crippen LogP contribution in [0, 0.1) is 5.92 Å². The van der Waals surface area contributed by atoms with Crippen LogP contribution in [0.4, 0.5) is 0 Å². The van der Waals surface area contributed by atoms with Crippen LogP contribution in [0.5, 0.6) is 0 Å². The Balaban J connectivity index is 3.20. The minimum Gasteiger partial charge on any atom is -0.301 e. The average Bonchev–Trinajstić information content (AvgIpc) is 2.26. The lowest BCUT2D eigenvalue weighted by Gasteiger charge is -2.06. The van der Waals surface area contributed by atoms with Crippen molar-refractivity contribution < 1.29 is 14.9 Å². The maximum atomic E-state index is 10.8. The highest BCUT2D eigenvalue weighted by Crippen LogP contribution is 2.13. The van der Waals surface area contributed by atoms with Gasteiger partial charge in [-0.25, -0.2) is 4.79 Å². The Morgan fingerprint density at radius 2 is 1.67 bits per heavy atom.